The maximum atomic E-state index is 11.2. The quantitative estimate of drug-likeness (QED) is 0.515. The van der Waals surface area contributed by atoms with E-state index in [1.165, 1.54) is 6.33 Å². The van der Waals surface area contributed by atoms with Crippen LogP contribution in [0, 0.1) is 0 Å². The monoisotopic (exact) mass is 208 g/mol. The minimum absolute atomic E-state index is 0.0764. The second-order valence-electron chi connectivity index (χ2n) is 3.21. The van der Waals surface area contributed by atoms with Gasteiger partial charge in [-0.25, -0.2) is 4.98 Å². The number of allylic oxidation sites excluding steroid dienone is 1. The van der Waals surface area contributed by atoms with Gasteiger partial charge < -0.3 is 5.32 Å². The van der Waals surface area contributed by atoms with E-state index in [2.05, 4.69) is 27.1 Å². The first kappa shape index (κ1) is 11.4. The lowest BCUT2D eigenvalue weighted by Gasteiger charge is -2.02. The lowest BCUT2D eigenvalue weighted by Crippen LogP contribution is -2.24. The first-order chi connectivity index (χ1) is 7.33. The summed E-state index contributed by atoms with van der Waals surface area (Å²) in [5.41, 5.74) is 0. The largest absolute Gasteiger partial charge is 0.356 e. The Labute approximate surface area is 89.0 Å². The molecule has 1 amide bonds. The van der Waals surface area contributed by atoms with E-state index >= 15 is 0 Å². The molecule has 0 radical (unpaired) electrons. The molecule has 5 nitrogen and oxygen atoms in total. The zero-order valence-electron chi connectivity index (χ0n) is 8.70. The summed E-state index contributed by atoms with van der Waals surface area (Å²) < 4.78 is 0. The van der Waals surface area contributed by atoms with Gasteiger partial charge in [0, 0.05) is 19.4 Å². The van der Waals surface area contributed by atoms with Crippen molar-refractivity contribution in [2.24, 2.45) is 0 Å². The number of aromatic amines is 1. The summed E-state index contributed by atoms with van der Waals surface area (Å²) >= 11 is 0. The van der Waals surface area contributed by atoms with Crippen LogP contribution in [0.3, 0.4) is 0 Å². The Kier molecular flexibility index (Phi) is 5.14. The fourth-order valence-corrected chi connectivity index (χ4v) is 1.16. The van der Waals surface area contributed by atoms with E-state index in [1.54, 1.807) is 6.08 Å². The van der Waals surface area contributed by atoms with Crippen molar-refractivity contribution in [1.82, 2.24) is 20.5 Å². The van der Waals surface area contributed by atoms with Crippen LogP contribution in [0.1, 0.15) is 25.1 Å². The average Bonchev–Trinajstić information content (AvgIpc) is 2.74. The Morgan fingerprint density at radius 3 is 3.20 bits per heavy atom. The number of nitrogens with zero attached hydrogens (tertiary/aromatic N) is 2. The molecule has 1 aromatic heterocycles. The molecule has 0 saturated carbocycles. The van der Waals surface area contributed by atoms with Gasteiger partial charge in [0.1, 0.15) is 12.2 Å². The number of hydrogen-bond acceptors (Lipinski definition) is 3. The molecule has 0 aromatic carbocycles. The van der Waals surface area contributed by atoms with Gasteiger partial charge in [0.15, 0.2) is 0 Å². The van der Waals surface area contributed by atoms with Crippen molar-refractivity contribution in [2.45, 2.75) is 25.7 Å². The van der Waals surface area contributed by atoms with Crippen LogP contribution in [0.4, 0.5) is 0 Å². The third-order valence-corrected chi connectivity index (χ3v) is 1.95. The number of carbonyl (C=O) groups excluding carboxylic acids is 1. The van der Waals surface area contributed by atoms with E-state index in [9.17, 15) is 4.79 Å². The van der Waals surface area contributed by atoms with Gasteiger partial charge in [-0.05, 0) is 12.8 Å². The maximum absolute atomic E-state index is 11.2. The Hall–Kier alpha value is -1.65. The lowest BCUT2D eigenvalue weighted by molar-refractivity contribution is -0.121. The molecule has 0 saturated heterocycles. The first-order valence-corrected chi connectivity index (χ1v) is 5.04. The molecule has 0 bridgehead atoms. The van der Waals surface area contributed by atoms with Crippen molar-refractivity contribution in [3.8, 4) is 0 Å². The second kappa shape index (κ2) is 6.75. The lowest BCUT2D eigenvalue weighted by atomic mass is 10.2. The highest BCUT2D eigenvalue weighted by molar-refractivity contribution is 5.75. The predicted octanol–water partition coefficient (Wildman–Crippen LogP) is 0.820. The van der Waals surface area contributed by atoms with Gasteiger partial charge in [0.05, 0.1) is 0 Å². The summed E-state index contributed by atoms with van der Waals surface area (Å²) in [6, 6.07) is 0. The number of aryl methyl sites for hydroxylation is 1. The van der Waals surface area contributed by atoms with Crippen LogP contribution in [-0.4, -0.2) is 27.6 Å². The van der Waals surface area contributed by atoms with Gasteiger partial charge >= 0.3 is 0 Å². The highest BCUT2D eigenvalue weighted by atomic mass is 16.1. The minimum atomic E-state index is 0.0764. The molecule has 0 aliphatic heterocycles. The van der Waals surface area contributed by atoms with E-state index < -0.39 is 0 Å². The van der Waals surface area contributed by atoms with Crippen molar-refractivity contribution in [2.75, 3.05) is 6.54 Å². The number of nitrogens with one attached hydrogen (secondary N) is 2. The van der Waals surface area contributed by atoms with Crippen LogP contribution in [0.5, 0.6) is 0 Å². The number of H-pyrrole nitrogens is 1. The third kappa shape index (κ3) is 4.95. The minimum Gasteiger partial charge on any atom is -0.356 e. The van der Waals surface area contributed by atoms with Crippen molar-refractivity contribution in [3.05, 3.63) is 24.8 Å². The molecular formula is C10H16N4O. The van der Waals surface area contributed by atoms with E-state index in [1.807, 2.05) is 0 Å². The highest BCUT2D eigenvalue weighted by Gasteiger charge is 1.99. The molecular weight excluding hydrogens is 192 g/mol. The van der Waals surface area contributed by atoms with Crippen LogP contribution in [-0.2, 0) is 11.2 Å². The van der Waals surface area contributed by atoms with Crippen molar-refractivity contribution in [3.63, 3.8) is 0 Å². The first-order valence-electron chi connectivity index (χ1n) is 5.04. The number of amides is 1. The summed E-state index contributed by atoms with van der Waals surface area (Å²) in [6.45, 7) is 4.24. The molecule has 0 atom stereocenters. The fourth-order valence-electron chi connectivity index (χ4n) is 1.16. The van der Waals surface area contributed by atoms with E-state index in [0.29, 0.717) is 13.0 Å². The fraction of sp³-hybridized carbons (Fsp3) is 0.500. The maximum Gasteiger partial charge on any atom is 0.220 e. The summed E-state index contributed by atoms with van der Waals surface area (Å²) in [6.07, 6.45) is 6.16. The molecule has 5 heteroatoms. The SMILES string of the molecule is C=CCCC(=O)NCCCc1ncn[nH]1. The van der Waals surface area contributed by atoms with Crippen LogP contribution >= 0.6 is 0 Å². The van der Waals surface area contributed by atoms with Gasteiger partial charge in [-0.2, -0.15) is 5.10 Å². The normalized spacial score (nSPS) is 9.87. The van der Waals surface area contributed by atoms with Crippen molar-refractivity contribution in [1.29, 1.82) is 0 Å². The number of aromatic nitrogens is 3. The summed E-state index contributed by atoms with van der Waals surface area (Å²) in [5, 5.41) is 9.35. The molecule has 0 fully saturated rings. The van der Waals surface area contributed by atoms with Crippen molar-refractivity contribution < 1.29 is 4.79 Å². The van der Waals surface area contributed by atoms with Gasteiger partial charge in [-0.3, -0.25) is 9.89 Å². The molecule has 1 rings (SSSR count). The zero-order chi connectivity index (χ0) is 10.9. The number of rotatable bonds is 7. The topological polar surface area (TPSA) is 70.7 Å². The van der Waals surface area contributed by atoms with Crippen LogP contribution in [0.2, 0.25) is 0 Å². The van der Waals surface area contributed by atoms with Gasteiger partial charge in [0.25, 0.3) is 0 Å². The van der Waals surface area contributed by atoms with Gasteiger partial charge in [0.2, 0.25) is 5.91 Å². The van der Waals surface area contributed by atoms with Crippen LogP contribution in [0.25, 0.3) is 0 Å². The van der Waals surface area contributed by atoms with E-state index in [0.717, 1.165) is 25.1 Å². The van der Waals surface area contributed by atoms with E-state index in [4.69, 9.17) is 0 Å². The molecule has 82 valence electrons. The molecule has 2 N–H and O–H groups in total. The van der Waals surface area contributed by atoms with E-state index in [-0.39, 0.29) is 5.91 Å². The number of hydrogen-bond donors (Lipinski definition) is 2. The Morgan fingerprint density at radius 1 is 1.67 bits per heavy atom. The summed E-state index contributed by atoms with van der Waals surface area (Å²) in [4.78, 5) is 15.2. The Balaban J connectivity index is 2.01. The highest BCUT2D eigenvalue weighted by Crippen LogP contribution is 1.93. The molecule has 0 aliphatic rings. The number of carbonyl (C=O) groups is 1. The average molecular weight is 208 g/mol. The van der Waals surface area contributed by atoms with Gasteiger partial charge in [-0.15, -0.1) is 6.58 Å². The molecule has 0 spiro atoms. The van der Waals surface area contributed by atoms with Crippen molar-refractivity contribution >= 4 is 5.91 Å². The smallest absolute Gasteiger partial charge is 0.220 e. The second-order valence-corrected chi connectivity index (χ2v) is 3.21. The zero-order valence-corrected chi connectivity index (χ0v) is 8.70. The van der Waals surface area contributed by atoms with Crippen LogP contribution < -0.4 is 5.32 Å². The molecule has 0 aliphatic carbocycles. The van der Waals surface area contributed by atoms with Crippen LogP contribution in [0.15, 0.2) is 19.0 Å². The summed E-state index contributed by atoms with van der Waals surface area (Å²) in [7, 11) is 0. The third-order valence-electron chi connectivity index (χ3n) is 1.95. The van der Waals surface area contributed by atoms with Gasteiger partial charge in [-0.1, -0.05) is 6.08 Å². The molecule has 0 unspecified atom stereocenters. The molecule has 1 aromatic rings. The standard InChI is InChI=1S/C10H16N4O/c1-2-3-6-10(15)11-7-4-5-9-12-8-13-14-9/h2,8H,1,3-7H2,(H,11,15)(H,12,13,14). The summed E-state index contributed by atoms with van der Waals surface area (Å²) in [5.74, 6) is 0.933. The molecule has 15 heavy (non-hydrogen) atoms. The predicted molar refractivity (Wildman–Crippen MR) is 57.1 cm³/mol. The Morgan fingerprint density at radius 2 is 2.53 bits per heavy atom. The Bertz CT molecular complexity index is 294. The molecule has 1 heterocycles.